The van der Waals surface area contributed by atoms with Crippen LogP contribution in [0.2, 0.25) is 0 Å². The van der Waals surface area contributed by atoms with Crippen LogP contribution in [0.5, 0.6) is 5.75 Å². The monoisotopic (exact) mass is 413 g/mol. The maximum absolute atomic E-state index is 14.1. The van der Waals surface area contributed by atoms with Gasteiger partial charge in [0.05, 0.1) is 0 Å². The second-order valence-electron chi connectivity index (χ2n) is 8.27. The van der Waals surface area contributed by atoms with Crippen molar-refractivity contribution in [1.29, 1.82) is 0 Å². The van der Waals surface area contributed by atoms with Crippen molar-refractivity contribution in [2.24, 2.45) is 5.92 Å². The maximum Gasteiger partial charge on any atom is 0.306 e. The second kappa shape index (κ2) is 7.84. The standard InChI is InChI=1S/C20H26F3N3O3/c1-19(12-6-7-12,9-16(27)24-3)26-17(28)14-8-15(29-20(2,23)18(21)22)13(10-25-14)11-4-5-11/h8,10-12,18H,4-7,9H2,1-3H3,(H,24,27)(H,26,28)/t19?,20-/m1/s1. The van der Waals surface area contributed by atoms with Crippen molar-refractivity contribution in [1.82, 2.24) is 15.6 Å². The molecule has 0 aliphatic heterocycles. The number of pyridine rings is 1. The van der Waals surface area contributed by atoms with Crippen molar-refractivity contribution in [2.75, 3.05) is 7.05 Å². The molecule has 0 bridgehead atoms. The number of hydrogen-bond donors (Lipinski definition) is 2. The molecule has 160 valence electrons. The van der Waals surface area contributed by atoms with Crippen LogP contribution < -0.4 is 15.4 Å². The molecule has 0 saturated heterocycles. The van der Waals surface area contributed by atoms with Crippen LogP contribution in [0, 0.1) is 5.92 Å². The molecule has 1 aromatic rings. The van der Waals surface area contributed by atoms with E-state index in [1.54, 1.807) is 6.92 Å². The Morgan fingerprint density at radius 1 is 1.28 bits per heavy atom. The zero-order valence-corrected chi connectivity index (χ0v) is 16.7. The van der Waals surface area contributed by atoms with Crippen molar-refractivity contribution in [3.8, 4) is 5.75 Å². The van der Waals surface area contributed by atoms with Gasteiger partial charge in [-0.2, -0.15) is 4.39 Å². The van der Waals surface area contributed by atoms with Crippen LogP contribution in [-0.4, -0.2) is 41.7 Å². The second-order valence-corrected chi connectivity index (χ2v) is 8.27. The van der Waals surface area contributed by atoms with Gasteiger partial charge in [-0.3, -0.25) is 14.6 Å². The number of carbonyl (C=O) groups excluding carboxylic acids is 2. The average molecular weight is 413 g/mol. The predicted molar refractivity (Wildman–Crippen MR) is 99.6 cm³/mol. The van der Waals surface area contributed by atoms with E-state index >= 15 is 0 Å². The number of aromatic nitrogens is 1. The number of halogens is 3. The van der Waals surface area contributed by atoms with Crippen LogP contribution in [0.15, 0.2) is 12.3 Å². The van der Waals surface area contributed by atoms with Crippen molar-refractivity contribution in [3.05, 3.63) is 23.5 Å². The van der Waals surface area contributed by atoms with Gasteiger partial charge in [0.1, 0.15) is 11.4 Å². The van der Waals surface area contributed by atoms with Gasteiger partial charge in [0.15, 0.2) is 0 Å². The summed E-state index contributed by atoms with van der Waals surface area (Å²) in [4.78, 5) is 28.8. The first-order valence-electron chi connectivity index (χ1n) is 9.75. The van der Waals surface area contributed by atoms with Crippen LogP contribution in [0.4, 0.5) is 13.2 Å². The van der Waals surface area contributed by atoms with Crippen LogP contribution in [-0.2, 0) is 4.79 Å². The third-order valence-electron chi connectivity index (χ3n) is 5.53. The Morgan fingerprint density at radius 2 is 1.93 bits per heavy atom. The van der Waals surface area contributed by atoms with Crippen molar-refractivity contribution in [3.63, 3.8) is 0 Å². The Kier molecular flexibility index (Phi) is 5.78. The molecule has 0 spiro atoms. The number of nitrogens with one attached hydrogen (secondary N) is 2. The van der Waals surface area contributed by atoms with E-state index in [1.807, 2.05) is 0 Å². The highest BCUT2D eigenvalue weighted by Crippen LogP contribution is 2.45. The molecule has 2 amide bonds. The maximum atomic E-state index is 14.1. The minimum atomic E-state index is -3.34. The zero-order chi connectivity index (χ0) is 21.4. The Bertz CT molecular complexity index is 794. The number of hydrogen-bond acceptors (Lipinski definition) is 4. The van der Waals surface area contributed by atoms with Crippen molar-refractivity contribution in [2.45, 2.75) is 69.7 Å². The molecule has 2 N–H and O–H groups in total. The largest absolute Gasteiger partial charge is 0.452 e. The molecule has 0 radical (unpaired) electrons. The summed E-state index contributed by atoms with van der Waals surface area (Å²) in [5.74, 6) is -3.82. The molecule has 6 nitrogen and oxygen atoms in total. The van der Waals surface area contributed by atoms with Crippen LogP contribution in [0.1, 0.15) is 67.9 Å². The minimum Gasteiger partial charge on any atom is -0.452 e. The number of amides is 2. The normalized spacial score (nSPS) is 20.5. The Hall–Kier alpha value is -2.32. The third kappa shape index (κ3) is 5.00. The lowest BCUT2D eigenvalue weighted by Crippen LogP contribution is -2.50. The number of carbonyl (C=O) groups is 2. The van der Waals surface area contributed by atoms with Crippen LogP contribution >= 0.6 is 0 Å². The fourth-order valence-corrected chi connectivity index (χ4v) is 3.38. The highest BCUT2D eigenvalue weighted by molar-refractivity contribution is 5.93. The van der Waals surface area contributed by atoms with Gasteiger partial charge >= 0.3 is 12.3 Å². The average Bonchev–Trinajstić information content (AvgIpc) is 3.53. The Labute approximate surface area is 167 Å². The van der Waals surface area contributed by atoms with Gasteiger partial charge in [-0.1, -0.05) is 0 Å². The smallest absolute Gasteiger partial charge is 0.306 e. The number of ether oxygens (including phenoxy) is 1. The molecule has 3 rings (SSSR count). The molecule has 2 atom stereocenters. The first kappa shape index (κ1) is 21.4. The molecule has 1 unspecified atom stereocenters. The molecule has 29 heavy (non-hydrogen) atoms. The summed E-state index contributed by atoms with van der Waals surface area (Å²) in [6.07, 6.45) is 1.59. The van der Waals surface area contributed by atoms with E-state index in [0.717, 1.165) is 25.7 Å². The predicted octanol–water partition coefficient (Wildman–Crippen LogP) is 3.32. The molecular weight excluding hydrogens is 387 g/mol. The molecule has 1 aromatic heterocycles. The highest BCUT2D eigenvalue weighted by atomic mass is 19.3. The molecule has 2 fully saturated rings. The van der Waals surface area contributed by atoms with Gasteiger partial charge in [-0.05, 0) is 44.4 Å². The van der Waals surface area contributed by atoms with E-state index in [9.17, 15) is 22.8 Å². The van der Waals surface area contributed by atoms with Crippen LogP contribution in [0.3, 0.4) is 0 Å². The zero-order valence-electron chi connectivity index (χ0n) is 16.7. The van der Waals surface area contributed by atoms with E-state index in [2.05, 4.69) is 15.6 Å². The fourth-order valence-electron chi connectivity index (χ4n) is 3.38. The molecule has 2 aliphatic rings. The molecule has 1 heterocycles. The van der Waals surface area contributed by atoms with E-state index in [1.165, 1.54) is 19.3 Å². The van der Waals surface area contributed by atoms with E-state index in [-0.39, 0.29) is 35.6 Å². The summed E-state index contributed by atoms with van der Waals surface area (Å²) >= 11 is 0. The van der Waals surface area contributed by atoms with Gasteiger partial charge in [0.25, 0.3) is 5.91 Å². The summed E-state index contributed by atoms with van der Waals surface area (Å²) in [5, 5.41) is 5.40. The van der Waals surface area contributed by atoms with Gasteiger partial charge in [-0.15, -0.1) is 0 Å². The summed E-state index contributed by atoms with van der Waals surface area (Å²) in [7, 11) is 1.52. The first-order chi connectivity index (χ1) is 13.6. The van der Waals surface area contributed by atoms with Gasteiger partial charge in [-0.25, -0.2) is 8.78 Å². The van der Waals surface area contributed by atoms with Crippen LogP contribution in [0.25, 0.3) is 0 Å². The molecule has 2 aliphatic carbocycles. The topological polar surface area (TPSA) is 80.3 Å². The molecule has 9 heteroatoms. The lowest BCUT2D eigenvalue weighted by molar-refractivity contribution is -0.153. The van der Waals surface area contributed by atoms with E-state index < -0.39 is 23.7 Å². The number of rotatable bonds is 9. The van der Waals surface area contributed by atoms with E-state index in [0.29, 0.717) is 12.5 Å². The molecular formula is C20H26F3N3O3. The summed E-state index contributed by atoms with van der Waals surface area (Å²) < 4.78 is 45.0. The summed E-state index contributed by atoms with van der Waals surface area (Å²) in [6.45, 7) is 2.45. The van der Waals surface area contributed by atoms with E-state index in [4.69, 9.17) is 4.74 Å². The fraction of sp³-hybridized carbons (Fsp3) is 0.650. The highest BCUT2D eigenvalue weighted by Gasteiger charge is 2.44. The summed E-state index contributed by atoms with van der Waals surface area (Å²) in [5.41, 5.74) is -0.313. The molecule has 0 aromatic carbocycles. The number of alkyl halides is 3. The Morgan fingerprint density at radius 3 is 2.45 bits per heavy atom. The number of nitrogens with zero attached hydrogens (tertiary/aromatic N) is 1. The Balaban J connectivity index is 1.83. The van der Waals surface area contributed by atoms with Gasteiger partial charge < -0.3 is 15.4 Å². The SMILES string of the molecule is CNC(=O)CC(C)(NC(=O)c1cc(O[C@@](C)(F)C(F)F)c(C2CC2)cn1)C1CC1. The lowest BCUT2D eigenvalue weighted by Gasteiger charge is -2.30. The lowest BCUT2D eigenvalue weighted by atomic mass is 9.91. The first-order valence-corrected chi connectivity index (χ1v) is 9.75. The van der Waals surface area contributed by atoms with Crippen molar-refractivity contribution < 1.29 is 27.5 Å². The van der Waals surface area contributed by atoms with Crippen molar-refractivity contribution >= 4 is 11.8 Å². The molecule has 2 saturated carbocycles. The summed E-state index contributed by atoms with van der Waals surface area (Å²) in [6, 6.07) is 1.20. The minimum absolute atomic E-state index is 0.0630. The third-order valence-corrected chi connectivity index (χ3v) is 5.53. The van der Waals surface area contributed by atoms with Gasteiger partial charge in [0, 0.05) is 43.8 Å². The van der Waals surface area contributed by atoms with Gasteiger partial charge in [0.2, 0.25) is 5.91 Å². The quantitative estimate of drug-likeness (QED) is 0.651.